The van der Waals surface area contributed by atoms with Crippen LogP contribution in [0.1, 0.15) is 34.0 Å². The number of carbonyl (C=O) groups is 1. The molecule has 8 nitrogen and oxygen atoms in total. The fraction of sp³-hybridized carbons (Fsp3) is 0.400. The van der Waals surface area contributed by atoms with Crippen LogP contribution in [0.25, 0.3) is 11.0 Å². The molecule has 28 heavy (non-hydrogen) atoms. The van der Waals surface area contributed by atoms with Crippen molar-refractivity contribution in [1.82, 2.24) is 24.8 Å². The topological polar surface area (TPSA) is 96.2 Å². The Morgan fingerprint density at radius 3 is 2.64 bits per heavy atom. The molecule has 1 saturated heterocycles. The standard InChI is InChI=1S/C20H24N6O2/c1-12-8-13(2)23-18(22-12)10-21-19(28)14-4-5-17-16(9-14)24-20(25(17)3)26-7-6-15(27)11-26/h4-5,8-9,15,27H,6-7,10-11H2,1-3H3,(H,21,28)/t15-/m0/s1. The van der Waals surface area contributed by atoms with E-state index in [4.69, 9.17) is 0 Å². The summed E-state index contributed by atoms with van der Waals surface area (Å²) in [7, 11) is 1.95. The Labute approximate surface area is 163 Å². The average molecular weight is 380 g/mol. The number of amides is 1. The molecule has 3 heterocycles. The summed E-state index contributed by atoms with van der Waals surface area (Å²) in [6.07, 6.45) is 0.436. The van der Waals surface area contributed by atoms with E-state index in [1.807, 2.05) is 37.6 Å². The Morgan fingerprint density at radius 1 is 1.21 bits per heavy atom. The summed E-state index contributed by atoms with van der Waals surface area (Å²) in [5.41, 5.74) is 4.01. The summed E-state index contributed by atoms with van der Waals surface area (Å²) >= 11 is 0. The van der Waals surface area contributed by atoms with E-state index in [2.05, 4.69) is 25.2 Å². The Morgan fingerprint density at radius 2 is 1.96 bits per heavy atom. The second-order valence-electron chi connectivity index (χ2n) is 7.31. The molecule has 1 amide bonds. The first-order valence-electron chi connectivity index (χ1n) is 9.39. The summed E-state index contributed by atoms with van der Waals surface area (Å²) in [6, 6.07) is 7.39. The lowest BCUT2D eigenvalue weighted by atomic mass is 10.2. The van der Waals surface area contributed by atoms with Crippen molar-refractivity contribution in [3.05, 3.63) is 47.0 Å². The number of fused-ring (bicyclic) bond motifs is 1. The molecule has 8 heteroatoms. The van der Waals surface area contributed by atoms with Gasteiger partial charge in [0.2, 0.25) is 5.95 Å². The first kappa shape index (κ1) is 18.4. The smallest absolute Gasteiger partial charge is 0.251 e. The number of aryl methyl sites for hydroxylation is 3. The van der Waals surface area contributed by atoms with E-state index >= 15 is 0 Å². The molecule has 3 aromatic rings. The number of β-amino-alcohol motifs (C(OH)–C–C–N with tert-alkyl or cyclic N) is 1. The number of anilines is 1. The maximum Gasteiger partial charge on any atom is 0.251 e. The largest absolute Gasteiger partial charge is 0.391 e. The molecule has 1 fully saturated rings. The second-order valence-corrected chi connectivity index (χ2v) is 7.31. The number of aliphatic hydroxyl groups excluding tert-OH is 1. The SMILES string of the molecule is Cc1cc(C)nc(CNC(=O)c2ccc3c(c2)nc(N2CC[C@H](O)C2)n3C)n1. The molecule has 1 atom stereocenters. The van der Waals surface area contributed by atoms with E-state index in [0.29, 0.717) is 17.9 Å². The molecule has 2 N–H and O–H groups in total. The fourth-order valence-corrected chi connectivity index (χ4v) is 3.67. The van der Waals surface area contributed by atoms with Gasteiger partial charge in [-0.05, 0) is 44.5 Å². The zero-order valence-electron chi connectivity index (χ0n) is 16.3. The maximum atomic E-state index is 12.6. The van der Waals surface area contributed by atoms with Gasteiger partial charge in [0, 0.05) is 37.1 Å². The molecule has 1 aromatic carbocycles. The molecule has 4 rings (SSSR count). The third kappa shape index (κ3) is 3.55. The quantitative estimate of drug-likeness (QED) is 0.712. The van der Waals surface area contributed by atoms with E-state index in [1.165, 1.54) is 0 Å². The second kappa shape index (κ2) is 7.20. The van der Waals surface area contributed by atoms with Crippen molar-refractivity contribution in [2.24, 2.45) is 7.05 Å². The van der Waals surface area contributed by atoms with Gasteiger partial charge in [-0.15, -0.1) is 0 Å². The number of imidazole rings is 1. The zero-order valence-corrected chi connectivity index (χ0v) is 16.3. The maximum absolute atomic E-state index is 12.6. The fourth-order valence-electron chi connectivity index (χ4n) is 3.67. The van der Waals surface area contributed by atoms with Crippen LogP contribution < -0.4 is 10.2 Å². The van der Waals surface area contributed by atoms with Crippen LogP contribution in [0.4, 0.5) is 5.95 Å². The number of nitrogens with one attached hydrogen (secondary N) is 1. The highest BCUT2D eigenvalue weighted by Gasteiger charge is 2.24. The number of hydrogen-bond acceptors (Lipinski definition) is 6. The molecule has 1 aliphatic rings. The van der Waals surface area contributed by atoms with E-state index in [1.54, 1.807) is 12.1 Å². The van der Waals surface area contributed by atoms with Crippen LogP contribution in [0.15, 0.2) is 24.3 Å². The van der Waals surface area contributed by atoms with Gasteiger partial charge in [-0.1, -0.05) is 0 Å². The molecule has 0 aliphatic carbocycles. The zero-order chi connectivity index (χ0) is 19.8. The Balaban J connectivity index is 1.53. The van der Waals surface area contributed by atoms with Crippen molar-refractivity contribution in [2.75, 3.05) is 18.0 Å². The lowest BCUT2D eigenvalue weighted by Gasteiger charge is -2.16. The van der Waals surface area contributed by atoms with E-state index in [9.17, 15) is 9.90 Å². The van der Waals surface area contributed by atoms with Crippen LogP contribution in [-0.2, 0) is 13.6 Å². The van der Waals surface area contributed by atoms with Crippen molar-refractivity contribution in [2.45, 2.75) is 32.9 Å². The number of nitrogens with zero attached hydrogens (tertiary/aromatic N) is 5. The number of rotatable bonds is 4. The highest BCUT2D eigenvalue weighted by Crippen LogP contribution is 2.25. The van der Waals surface area contributed by atoms with Crippen molar-refractivity contribution in [3.8, 4) is 0 Å². The van der Waals surface area contributed by atoms with Gasteiger partial charge in [-0.25, -0.2) is 15.0 Å². The number of aromatic nitrogens is 4. The third-order valence-corrected chi connectivity index (χ3v) is 5.00. The average Bonchev–Trinajstić information content (AvgIpc) is 3.22. The predicted molar refractivity (Wildman–Crippen MR) is 106 cm³/mol. The van der Waals surface area contributed by atoms with Crippen molar-refractivity contribution in [1.29, 1.82) is 0 Å². The van der Waals surface area contributed by atoms with Crippen LogP contribution in [0.5, 0.6) is 0 Å². The van der Waals surface area contributed by atoms with Crippen LogP contribution in [0.2, 0.25) is 0 Å². The molecular formula is C20H24N6O2. The molecule has 0 radical (unpaired) electrons. The van der Waals surface area contributed by atoms with Gasteiger partial charge in [0.1, 0.15) is 5.82 Å². The van der Waals surface area contributed by atoms with Crippen LogP contribution in [0.3, 0.4) is 0 Å². The number of carbonyl (C=O) groups excluding carboxylic acids is 1. The predicted octanol–water partition coefficient (Wildman–Crippen LogP) is 1.48. The van der Waals surface area contributed by atoms with Gasteiger partial charge in [0.05, 0.1) is 23.7 Å². The minimum Gasteiger partial charge on any atom is -0.391 e. The van der Waals surface area contributed by atoms with Gasteiger partial charge in [0.15, 0.2) is 0 Å². The summed E-state index contributed by atoms with van der Waals surface area (Å²) in [4.78, 5) is 28.0. The third-order valence-electron chi connectivity index (χ3n) is 5.00. The molecular weight excluding hydrogens is 356 g/mol. The number of benzene rings is 1. The first-order chi connectivity index (χ1) is 13.4. The molecule has 1 aliphatic heterocycles. The molecule has 146 valence electrons. The minimum absolute atomic E-state index is 0.187. The summed E-state index contributed by atoms with van der Waals surface area (Å²) in [5, 5.41) is 12.7. The molecule has 0 bridgehead atoms. The molecule has 0 saturated carbocycles. The van der Waals surface area contributed by atoms with Gasteiger partial charge in [0.25, 0.3) is 5.91 Å². The van der Waals surface area contributed by atoms with Crippen LogP contribution in [-0.4, -0.2) is 49.7 Å². The Bertz CT molecular complexity index is 1020. The highest BCUT2D eigenvalue weighted by atomic mass is 16.3. The summed E-state index contributed by atoms with van der Waals surface area (Å²) in [5.74, 6) is 1.22. The number of aliphatic hydroxyl groups is 1. The van der Waals surface area contributed by atoms with Gasteiger partial charge in [-0.3, -0.25) is 4.79 Å². The van der Waals surface area contributed by atoms with Gasteiger partial charge >= 0.3 is 0 Å². The minimum atomic E-state index is -0.311. The molecule has 2 aromatic heterocycles. The molecule has 0 spiro atoms. The lowest BCUT2D eigenvalue weighted by molar-refractivity contribution is 0.0950. The molecule has 0 unspecified atom stereocenters. The van der Waals surface area contributed by atoms with Crippen molar-refractivity contribution in [3.63, 3.8) is 0 Å². The summed E-state index contributed by atoms with van der Waals surface area (Å²) < 4.78 is 2.00. The summed E-state index contributed by atoms with van der Waals surface area (Å²) in [6.45, 7) is 5.46. The normalized spacial score (nSPS) is 16.7. The van der Waals surface area contributed by atoms with E-state index in [0.717, 1.165) is 41.3 Å². The van der Waals surface area contributed by atoms with E-state index in [-0.39, 0.29) is 18.6 Å². The Hall–Kier alpha value is -3.00. The monoisotopic (exact) mass is 380 g/mol. The van der Waals surface area contributed by atoms with Gasteiger partial charge < -0.3 is 19.9 Å². The lowest BCUT2D eigenvalue weighted by Crippen LogP contribution is -2.24. The Kier molecular flexibility index (Phi) is 4.72. The van der Waals surface area contributed by atoms with Crippen molar-refractivity contribution < 1.29 is 9.90 Å². The highest BCUT2D eigenvalue weighted by molar-refractivity contribution is 5.97. The van der Waals surface area contributed by atoms with Gasteiger partial charge in [-0.2, -0.15) is 0 Å². The first-order valence-corrected chi connectivity index (χ1v) is 9.39. The van der Waals surface area contributed by atoms with Crippen LogP contribution in [0, 0.1) is 13.8 Å². The van der Waals surface area contributed by atoms with Crippen LogP contribution >= 0.6 is 0 Å². The number of hydrogen-bond donors (Lipinski definition) is 2. The van der Waals surface area contributed by atoms with Crippen molar-refractivity contribution >= 4 is 22.9 Å². The van der Waals surface area contributed by atoms with E-state index < -0.39 is 0 Å².